The lowest BCUT2D eigenvalue weighted by Crippen LogP contribution is -2.47. The van der Waals surface area contributed by atoms with Crippen molar-refractivity contribution in [3.8, 4) is 0 Å². The molecule has 3 amide bonds. The number of aryl methyl sites for hydroxylation is 1. The molecule has 3 aromatic rings. The molecule has 0 aliphatic carbocycles. The molecule has 31 heavy (non-hydrogen) atoms. The first-order chi connectivity index (χ1) is 14.9. The van der Waals surface area contributed by atoms with Gasteiger partial charge in [0.15, 0.2) is 5.65 Å². The number of urea groups is 1. The molecule has 1 aliphatic rings. The van der Waals surface area contributed by atoms with Gasteiger partial charge in [-0.15, -0.1) is 0 Å². The molecule has 0 atom stereocenters. The number of nitrogens with zero attached hydrogens (tertiary/aromatic N) is 4. The second-order valence-corrected chi connectivity index (χ2v) is 8.25. The van der Waals surface area contributed by atoms with Crippen LogP contribution < -0.4 is 10.6 Å². The number of carbonyl (C=O) groups excluding carboxylic acids is 2. The molecule has 0 unspecified atom stereocenters. The van der Waals surface area contributed by atoms with Gasteiger partial charge in [-0.05, 0) is 51.8 Å². The standard InChI is InChI=1S/C23H28N6O2/c1-15(2)29-21-17(14-24-29)13-20(16(3)25-21)22(30)26-19-9-11-28(12-10-19)23(31)27-18-7-5-4-6-8-18/h4-8,13-15,19H,9-12H2,1-3H3,(H,26,30)(H,27,31). The van der Waals surface area contributed by atoms with Gasteiger partial charge in [-0.3, -0.25) is 4.79 Å². The maximum Gasteiger partial charge on any atom is 0.321 e. The summed E-state index contributed by atoms with van der Waals surface area (Å²) < 4.78 is 1.86. The van der Waals surface area contributed by atoms with Crippen LogP contribution in [-0.4, -0.2) is 50.7 Å². The first kappa shape index (κ1) is 20.8. The van der Waals surface area contributed by atoms with Crippen LogP contribution in [0.2, 0.25) is 0 Å². The summed E-state index contributed by atoms with van der Waals surface area (Å²) in [5, 5.41) is 11.3. The van der Waals surface area contributed by atoms with E-state index >= 15 is 0 Å². The Bertz CT molecular complexity index is 1080. The second kappa shape index (κ2) is 8.75. The van der Waals surface area contributed by atoms with Crippen molar-refractivity contribution in [2.75, 3.05) is 18.4 Å². The maximum absolute atomic E-state index is 12.9. The van der Waals surface area contributed by atoms with Crippen molar-refractivity contribution in [1.82, 2.24) is 25.0 Å². The van der Waals surface area contributed by atoms with Crippen LogP contribution in [0.1, 0.15) is 48.8 Å². The van der Waals surface area contributed by atoms with Crippen LogP contribution in [0.5, 0.6) is 0 Å². The van der Waals surface area contributed by atoms with Crippen LogP contribution in [-0.2, 0) is 0 Å². The topological polar surface area (TPSA) is 92.2 Å². The van der Waals surface area contributed by atoms with E-state index in [0.29, 0.717) is 37.2 Å². The molecule has 2 aromatic heterocycles. The van der Waals surface area contributed by atoms with E-state index in [9.17, 15) is 9.59 Å². The Morgan fingerprint density at radius 1 is 1.13 bits per heavy atom. The molecule has 1 aliphatic heterocycles. The second-order valence-electron chi connectivity index (χ2n) is 8.25. The number of amides is 3. The molecule has 1 aromatic carbocycles. The minimum atomic E-state index is -0.128. The lowest BCUT2D eigenvalue weighted by molar-refractivity contribution is 0.0918. The summed E-state index contributed by atoms with van der Waals surface area (Å²) in [5.74, 6) is -0.128. The van der Waals surface area contributed by atoms with E-state index in [1.54, 1.807) is 11.1 Å². The van der Waals surface area contributed by atoms with Gasteiger partial charge in [-0.1, -0.05) is 18.2 Å². The van der Waals surface area contributed by atoms with Crippen LogP contribution in [0.25, 0.3) is 11.0 Å². The molecule has 3 heterocycles. The van der Waals surface area contributed by atoms with E-state index in [2.05, 4.69) is 34.6 Å². The molecule has 4 rings (SSSR count). The highest BCUT2D eigenvalue weighted by molar-refractivity contribution is 5.98. The lowest BCUT2D eigenvalue weighted by atomic mass is 10.0. The number of piperidine rings is 1. The molecule has 2 N–H and O–H groups in total. The van der Waals surface area contributed by atoms with E-state index in [0.717, 1.165) is 16.7 Å². The Morgan fingerprint density at radius 3 is 2.52 bits per heavy atom. The largest absolute Gasteiger partial charge is 0.349 e. The highest BCUT2D eigenvalue weighted by atomic mass is 16.2. The number of fused-ring (bicyclic) bond motifs is 1. The smallest absolute Gasteiger partial charge is 0.321 e. The summed E-state index contributed by atoms with van der Waals surface area (Å²) in [6.45, 7) is 7.15. The molecule has 162 valence electrons. The van der Waals surface area contributed by atoms with E-state index in [1.807, 2.05) is 48.0 Å². The zero-order valence-corrected chi connectivity index (χ0v) is 18.1. The molecule has 0 spiro atoms. The molecular formula is C23H28N6O2. The zero-order valence-electron chi connectivity index (χ0n) is 18.1. The predicted molar refractivity (Wildman–Crippen MR) is 120 cm³/mol. The number of hydrogen-bond acceptors (Lipinski definition) is 4. The van der Waals surface area contributed by atoms with Crippen molar-refractivity contribution in [1.29, 1.82) is 0 Å². The fourth-order valence-corrected chi connectivity index (χ4v) is 3.89. The zero-order chi connectivity index (χ0) is 22.0. The van der Waals surface area contributed by atoms with Crippen LogP contribution in [0, 0.1) is 6.92 Å². The Morgan fingerprint density at radius 2 is 1.84 bits per heavy atom. The van der Waals surface area contributed by atoms with Crippen molar-refractivity contribution < 1.29 is 9.59 Å². The minimum absolute atomic E-state index is 0.0294. The van der Waals surface area contributed by atoms with Gasteiger partial charge in [0.2, 0.25) is 0 Å². The number of anilines is 1. The van der Waals surface area contributed by atoms with Gasteiger partial charge >= 0.3 is 6.03 Å². The normalized spacial score (nSPS) is 14.8. The third-order valence-corrected chi connectivity index (χ3v) is 5.64. The molecule has 8 heteroatoms. The number of aromatic nitrogens is 3. The van der Waals surface area contributed by atoms with Crippen LogP contribution in [0.3, 0.4) is 0 Å². The van der Waals surface area contributed by atoms with Gasteiger partial charge in [0.05, 0.1) is 17.5 Å². The summed E-state index contributed by atoms with van der Waals surface area (Å²) in [5.41, 5.74) is 2.83. The summed E-state index contributed by atoms with van der Waals surface area (Å²) >= 11 is 0. The lowest BCUT2D eigenvalue weighted by Gasteiger charge is -2.32. The Hall–Kier alpha value is -3.42. The van der Waals surface area contributed by atoms with E-state index in [-0.39, 0.29) is 24.0 Å². The van der Waals surface area contributed by atoms with Gasteiger partial charge in [0.1, 0.15) is 0 Å². The Balaban J connectivity index is 1.36. The van der Waals surface area contributed by atoms with Gasteiger partial charge in [-0.25, -0.2) is 14.5 Å². The molecule has 1 saturated heterocycles. The monoisotopic (exact) mass is 420 g/mol. The first-order valence-electron chi connectivity index (χ1n) is 10.7. The molecular weight excluding hydrogens is 392 g/mol. The van der Waals surface area contributed by atoms with Crippen LogP contribution >= 0.6 is 0 Å². The van der Waals surface area contributed by atoms with E-state index in [1.165, 1.54) is 0 Å². The van der Waals surface area contributed by atoms with Crippen molar-refractivity contribution >= 4 is 28.7 Å². The quantitative estimate of drug-likeness (QED) is 0.672. The Kier molecular flexibility index (Phi) is 5.88. The number of pyridine rings is 1. The number of para-hydroxylation sites is 1. The van der Waals surface area contributed by atoms with Gasteiger partial charge < -0.3 is 15.5 Å². The van der Waals surface area contributed by atoms with E-state index < -0.39 is 0 Å². The number of carbonyl (C=O) groups is 2. The Labute approximate surface area is 181 Å². The third-order valence-electron chi connectivity index (χ3n) is 5.64. The number of likely N-dealkylation sites (tertiary alicyclic amines) is 1. The van der Waals surface area contributed by atoms with E-state index in [4.69, 9.17) is 0 Å². The van der Waals surface area contributed by atoms with Gasteiger partial charge in [0, 0.05) is 36.2 Å². The average molecular weight is 421 g/mol. The van der Waals surface area contributed by atoms with Crippen LogP contribution in [0.15, 0.2) is 42.6 Å². The highest BCUT2D eigenvalue weighted by Gasteiger charge is 2.25. The number of nitrogens with one attached hydrogen (secondary N) is 2. The van der Waals surface area contributed by atoms with Gasteiger partial charge in [-0.2, -0.15) is 5.10 Å². The minimum Gasteiger partial charge on any atom is -0.349 e. The van der Waals surface area contributed by atoms with Crippen LogP contribution in [0.4, 0.5) is 10.5 Å². The summed E-state index contributed by atoms with van der Waals surface area (Å²) in [6, 6.07) is 11.4. The maximum atomic E-state index is 12.9. The highest BCUT2D eigenvalue weighted by Crippen LogP contribution is 2.20. The van der Waals surface area contributed by atoms with Crippen molar-refractivity contribution in [3.63, 3.8) is 0 Å². The molecule has 1 fully saturated rings. The molecule has 8 nitrogen and oxygen atoms in total. The fourth-order valence-electron chi connectivity index (χ4n) is 3.89. The molecule has 0 saturated carbocycles. The number of rotatable bonds is 4. The average Bonchev–Trinajstić information content (AvgIpc) is 3.17. The fraction of sp³-hybridized carbons (Fsp3) is 0.391. The summed E-state index contributed by atoms with van der Waals surface area (Å²) in [6.07, 6.45) is 3.18. The van der Waals surface area contributed by atoms with Crippen molar-refractivity contribution in [2.45, 2.75) is 45.7 Å². The first-order valence-corrected chi connectivity index (χ1v) is 10.7. The predicted octanol–water partition coefficient (Wildman–Crippen LogP) is 3.75. The molecule has 0 radical (unpaired) electrons. The van der Waals surface area contributed by atoms with Gasteiger partial charge in [0.25, 0.3) is 5.91 Å². The third kappa shape index (κ3) is 4.52. The number of hydrogen-bond donors (Lipinski definition) is 2. The number of benzene rings is 1. The SMILES string of the molecule is Cc1nc2c(cnn2C(C)C)cc1C(=O)NC1CCN(C(=O)Nc2ccccc2)CC1. The summed E-state index contributed by atoms with van der Waals surface area (Å²) in [7, 11) is 0. The van der Waals surface area contributed by atoms with Crippen molar-refractivity contribution in [2.24, 2.45) is 0 Å². The van der Waals surface area contributed by atoms with Crippen molar-refractivity contribution in [3.05, 3.63) is 53.9 Å². The molecule has 0 bridgehead atoms. The summed E-state index contributed by atoms with van der Waals surface area (Å²) in [4.78, 5) is 31.8.